The quantitative estimate of drug-likeness (QED) is 0.730. The monoisotopic (exact) mass is 363 g/mol. The number of nitrogens with zero attached hydrogens (tertiary/aromatic N) is 2. The second-order valence-electron chi connectivity index (χ2n) is 6.05. The van der Waals surface area contributed by atoms with Crippen molar-refractivity contribution in [1.82, 2.24) is 9.78 Å². The Labute approximate surface area is 157 Å². The molecule has 2 aromatic carbocycles. The zero-order valence-electron chi connectivity index (χ0n) is 15.3. The summed E-state index contributed by atoms with van der Waals surface area (Å²) in [6.45, 7) is 1.90. The van der Waals surface area contributed by atoms with E-state index in [4.69, 9.17) is 4.74 Å². The average Bonchev–Trinajstić information content (AvgIpc) is 2.70. The average molecular weight is 363 g/mol. The highest BCUT2D eigenvalue weighted by Crippen LogP contribution is 2.19. The fraction of sp³-hybridized carbons (Fsp3) is 0.190. The van der Waals surface area contributed by atoms with Crippen molar-refractivity contribution in [2.24, 2.45) is 0 Å². The van der Waals surface area contributed by atoms with Crippen LogP contribution in [0.5, 0.6) is 5.75 Å². The van der Waals surface area contributed by atoms with E-state index in [1.54, 1.807) is 13.2 Å². The van der Waals surface area contributed by atoms with Gasteiger partial charge in [-0.2, -0.15) is 5.10 Å². The van der Waals surface area contributed by atoms with E-state index >= 15 is 0 Å². The molecule has 0 aliphatic rings. The van der Waals surface area contributed by atoms with Crippen LogP contribution in [0.25, 0.3) is 11.3 Å². The Kier molecular flexibility index (Phi) is 5.66. The number of aromatic nitrogens is 2. The minimum Gasteiger partial charge on any atom is -0.497 e. The SMILES string of the molecule is CCc1cccc(NC(=O)Cn2nc(-c3ccc(OC)cc3)ccc2=O)c1. The lowest BCUT2D eigenvalue weighted by Crippen LogP contribution is -2.29. The third-order valence-corrected chi connectivity index (χ3v) is 4.16. The van der Waals surface area contributed by atoms with Gasteiger partial charge in [-0.05, 0) is 54.4 Å². The molecule has 6 nitrogen and oxygen atoms in total. The number of carbonyl (C=O) groups excluding carboxylic acids is 1. The van der Waals surface area contributed by atoms with Gasteiger partial charge in [-0.25, -0.2) is 4.68 Å². The van der Waals surface area contributed by atoms with Crippen LogP contribution in [-0.2, 0) is 17.8 Å². The van der Waals surface area contributed by atoms with Gasteiger partial charge in [0.15, 0.2) is 0 Å². The molecule has 3 rings (SSSR count). The summed E-state index contributed by atoms with van der Waals surface area (Å²) in [5.41, 5.74) is 2.95. The van der Waals surface area contributed by atoms with Crippen molar-refractivity contribution >= 4 is 11.6 Å². The molecule has 1 amide bonds. The molecule has 0 aliphatic carbocycles. The smallest absolute Gasteiger partial charge is 0.267 e. The Bertz CT molecular complexity index is 994. The van der Waals surface area contributed by atoms with Crippen molar-refractivity contribution < 1.29 is 9.53 Å². The molecule has 0 bridgehead atoms. The molecule has 0 aliphatic heterocycles. The first-order chi connectivity index (χ1) is 13.1. The number of aryl methyl sites for hydroxylation is 1. The van der Waals surface area contributed by atoms with Gasteiger partial charge in [0.25, 0.3) is 5.56 Å². The number of amides is 1. The lowest BCUT2D eigenvalue weighted by Gasteiger charge is -2.09. The maximum Gasteiger partial charge on any atom is 0.267 e. The third kappa shape index (κ3) is 4.61. The Morgan fingerprint density at radius 3 is 2.59 bits per heavy atom. The van der Waals surface area contributed by atoms with E-state index in [1.807, 2.05) is 48.5 Å². The highest BCUT2D eigenvalue weighted by Gasteiger charge is 2.09. The molecule has 0 fully saturated rings. The number of anilines is 1. The van der Waals surface area contributed by atoms with Gasteiger partial charge < -0.3 is 10.1 Å². The fourth-order valence-corrected chi connectivity index (χ4v) is 2.68. The summed E-state index contributed by atoms with van der Waals surface area (Å²) in [4.78, 5) is 24.4. The van der Waals surface area contributed by atoms with E-state index in [0.29, 0.717) is 11.4 Å². The molecule has 0 spiro atoms. The number of hydrogen-bond donors (Lipinski definition) is 1. The van der Waals surface area contributed by atoms with Gasteiger partial charge in [0.05, 0.1) is 12.8 Å². The highest BCUT2D eigenvalue weighted by molar-refractivity contribution is 5.90. The highest BCUT2D eigenvalue weighted by atomic mass is 16.5. The summed E-state index contributed by atoms with van der Waals surface area (Å²) in [6.07, 6.45) is 0.884. The molecule has 0 atom stereocenters. The van der Waals surface area contributed by atoms with Crippen LogP contribution in [0, 0.1) is 0 Å². The fourth-order valence-electron chi connectivity index (χ4n) is 2.68. The molecule has 0 radical (unpaired) electrons. The van der Waals surface area contributed by atoms with Crippen molar-refractivity contribution in [3.63, 3.8) is 0 Å². The first kappa shape index (κ1) is 18.4. The molecule has 0 saturated heterocycles. The van der Waals surface area contributed by atoms with Crippen LogP contribution in [0.15, 0.2) is 65.5 Å². The van der Waals surface area contributed by atoms with Crippen molar-refractivity contribution in [2.45, 2.75) is 19.9 Å². The van der Waals surface area contributed by atoms with Gasteiger partial charge in [0, 0.05) is 17.3 Å². The Morgan fingerprint density at radius 1 is 1.11 bits per heavy atom. The van der Waals surface area contributed by atoms with Gasteiger partial charge in [0.2, 0.25) is 5.91 Å². The van der Waals surface area contributed by atoms with E-state index < -0.39 is 0 Å². The third-order valence-electron chi connectivity index (χ3n) is 4.16. The molecule has 3 aromatic rings. The van der Waals surface area contributed by atoms with Crippen LogP contribution in [0.1, 0.15) is 12.5 Å². The number of ether oxygens (including phenoxy) is 1. The van der Waals surface area contributed by atoms with Crippen LogP contribution in [0.2, 0.25) is 0 Å². The Hall–Kier alpha value is -3.41. The van der Waals surface area contributed by atoms with Crippen LogP contribution in [-0.4, -0.2) is 22.8 Å². The molecule has 0 saturated carbocycles. The molecule has 6 heteroatoms. The second-order valence-corrected chi connectivity index (χ2v) is 6.05. The largest absolute Gasteiger partial charge is 0.497 e. The van der Waals surface area contributed by atoms with E-state index in [1.165, 1.54) is 10.7 Å². The predicted molar refractivity (Wildman–Crippen MR) is 105 cm³/mol. The summed E-state index contributed by atoms with van der Waals surface area (Å²) >= 11 is 0. The van der Waals surface area contributed by atoms with Crippen LogP contribution in [0.4, 0.5) is 5.69 Å². The molecule has 1 N–H and O–H groups in total. The molecule has 138 valence electrons. The second kappa shape index (κ2) is 8.31. The lowest BCUT2D eigenvalue weighted by molar-refractivity contribution is -0.117. The standard InChI is InChI=1S/C21H21N3O3/c1-3-15-5-4-6-17(13-15)22-20(25)14-24-21(26)12-11-19(23-24)16-7-9-18(27-2)10-8-16/h4-13H,3,14H2,1-2H3,(H,22,25). The lowest BCUT2D eigenvalue weighted by atomic mass is 10.1. The van der Waals surface area contributed by atoms with Gasteiger partial charge in [-0.15, -0.1) is 0 Å². The summed E-state index contributed by atoms with van der Waals surface area (Å²) in [7, 11) is 1.60. The van der Waals surface area contributed by atoms with Crippen molar-refractivity contribution in [2.75, 3.05) is 12.4 Å². The normalized spacial score (nSPS) is 10.4. The molecular weight excluding hydrogens is 342 g/mol. The number of benzene rings is 2. The summed E-state index contributed by atoms with van der Waals surface area (Å²) in [5.74, 6) is 0.436. The topological polar surface area (TPSA) is 73.2 Å². The number of carbonyl (C=O) groups is 1. The maximum atomic E-state index is 12.3. The minimum atomic E-state index is -0.329. The van der Waals surface area contributed by atoms with Crippen molar-refractivity contribution in [3.8, 4) is 17.0 Å². The van der Waals surface area contributed by atoms with E-state index in [2.05, 4.69) is 17.3 Å². The summed E-state index contributed by atoms with van der Waals surface area (Å²) in [5, 5.41) is 7.13. The van der Waals surface area contributed by atoms with E-state index in [-0.39, 0.29) is 18.0 Å². The van der Waals surface area contributed by atoms with E-state index in [9.17, 15) is 9.59 Å². The zero-order chi connectivity index (χ0) is 19.2. The minimum absolute atomic E-state index is 0.154. The van der Waals surface area contributed by atoms with Gasteiger partial charge >= 0.3 is 0 Å². The summed E-state index contributed by atoms with van der Waals surface area (Å²) in [6, 6.07) is 18.0. The molecule has 1 aromatic heterocycles. The number of methoxy groups -OCH3 is 1. The molecular formula is C21H21N3O3. The maximum absolute atomic E-state index is 12.3. The van der Waals surface area contributed by atoms with Gasteiger partial charge in [-0.3, -0.25) is 9.59 Å². The number of rotatable bonds is 6. The summed E-state index contributed by atoms with van der Waals surface area (Å²) < 4.78 is 6.31. The van der Waals surface area contributed by atoms with Gasteiger partial charge in [-0.1, -0.05) is 19.1 Å². The van der Waals surface area contributed by atoms with Gasteiger partial charge in [0.1, 0.15) is 12.3 Å². The van der Waals surface area contributed by atoms with Crippen molar-refractivity contribution in [3.05, 3.63) is 76.6 Å². The van der Waals surface area contributed by atoms with Crippen LogP contribution >= 0.6 is 0 Å². The first-order valence-corrected chi connectivity index (χ1v) is 8.70. The molecule has 1 heterocycles. The van der Waals surface area contributed by atoms with Crippen LogP contribution < -0.4 is 15.6 Å². The Morgan fingerprint density at radius 2 is 1.89 bits per heavy atom. The van der Waals surface area contributed by atoms with E-state index in [0.717, 1.165) is 23.3 Å². The Balaban J connectivity index is 1.77. The molecule has 0 unspecified atom stereocenters. The zero-order valence-corrected chi connectivity index (χ0v) is 15.3. The number of hydrogen-bond acceptors (Lipinski definition) is 4. The molecule has 27 heavy (non-hydrogen) atoms. The first-order valence-electron chi connectivity index (χ1n) is 8.70. The van der Waals surface area contributed by atoms with Crippen molar-refractivity contribution in [1.29, 1.82) is 0 Å². The van der Waals surface area contributed by atoms with Crippen LogP contribution in [0.3, 0.4) is 0 Å². The predicted octanol–water partition coefficient (Wildman–Crippen LogP) is 3.12. The number of nitrogens with one attached hydrogen (secondary N) is 1.